The zero-order valence-corrected chi connectivity index (χ0v) is 16.9. The van der Waals surface area contributed by atoms with Crippen molar-refractivity contribution in [3.63, 3.8) is 0 Å². The monoisotopic (exact) mass is 384 g/mol. The van der Waals surface area contributed by atoms with Gasteiger partial charge in [0.1, 0.15) is 5.82 Å². The standard InChI is InChI=1S/C21H28N4O3/c1-20(2,3)16-12-17(25(23-16)15-8-6-5-7-9-15)22-18(26)13-24-11-10-21(4,14-24)19(27)28/h5-9,12H,10-11,13-14H2,1-4H3,(H,22,26)(H,27,28). The Bertz CT molecular complexity index is 870. The van der Waals surface area contributed by atoms with E-state index >= 15 is 0 Å². The van der Waals surface area contributed by atoms with Crippen LogP contribution >= 0.6 is 0 Å². The number of aliphatic carboxylic acids is 1. The quantitative estimate of drug-likeness (QED) is 0.828. The third-order valence-electron chi connectivity index (χ3n) is 5.18. The molecule has 1 aromatic carbocycles. The number of likely N-dealkylation sites (tertiary alicyclic amines) is 1. The second kappa shape index (κ2) is 7.39. The summed E-state index contributed by atoms with van der Waals surface area (Å²) in [5.41, 5.74) is 0.808. The van der Waals surface area contributed by atoms with Gasteiger partial charge in [-0.25, -0.2) is 4.68 Å². The van der Waals surface area contributed by atoms with Crippen molar-refractivity contribution in [2.75, 3.05) is 25.0 Å². The topological polar surface area (TPSA) is 87.5 Å². The Balaban J connectivity index is 1.77. The highest BCUT2D eigenvalue weighted by Gasteiger charge is 2.40. The lowest BCUT2D eigenvalue weighted by atomic mass is 9.90. The Kier molecular flexibility index (Phi) is 5.30. The number of carbonyl (C=O) groups excluding carboxylic acids is 1. The number of nitrogens with zero attached hydrogens (tertiary/aromatic N) is 3. The Labute approximate surface area is 165 Å². The number of rotatable bonds is 5. The maximum atomic E-state index is 12.7. The smallest absolute Gasteiger partial charge is 0.310 e. The van der Waals surface area contributed by atoms with Crippen LogP contribution in [0, 0.1) is 5.41 Å². The number of benzene rings is 1. The number of para-hydroxylation sites is 1. The van der Waals surface area contributed by atoms with Crippen LogP contribution in [-0.2, 0) is 15.0 Å². The van der Waals surface area contributed by atoms with Crippen LogP contribution in [-0.4, -0.2) is 51.3 Å². The van der Waals surface area contributed by atoms with Crippen LogP contribution < -0.4 is 5.32 Å². The molecule has 1 aromatic heterocycles. The number of hydrogen-bond acceptors (Lipinski definition) is 4. The summed E-state index contributed by atoms with van der Waals surface area (Å²) in [6, 6.07) is 11.6. The molecule has 2 heterocycles. The van der Waals surface area contributed by atoms with E-state index in [1.807, 2.05) is 41.3 Å². The molecule has 0 radical (unpaired) electrons. The Morgan fingerprint density at radius 3 is 2.50 bits per heavy atom. The molecule has 150 valence electrons. The molecule has 3 rings (SSSR count). The fraction of sp³-hybridized carbons (Fsp3) is 0.476. The molecule has 1 atom stereocenters. The van der Waals surface area contributed by atoms with Gasteiger partial charge in [0.2, 0.25) is 5.91 Å². The summed E-state index contributed by atoms with van der Waals surface area (Å²) >= 11 is 0. The molecule has 1 saturated heterocycles. The van der Waals surface area contributed by atoms with Crippen molar-refractivity contribution in [3.8, 4) is 5.69 Å². The molecule has 2 aromatic rings. The van der Waals surface area contributed by atoms with Crippen molar-refractivity contribution in [2.45, 2.75) is 39.5 Å². The minimum Gasteiger partial charge on any atom is -0.481 e. The maximum absolute atomic E-state index is 12.7. The molecule has 0 aliphatic carbocycles. The average Bonchev–Trinajstić information content (AvgIpc) is 3.20. The Hall–Kier alpha value is -2.67. The first-order chi connectivity index (χ1) is 13.1. The average molecular weight is 384 g/mol. The van der Waals surface area contributed by atoms with Crippen molar-refractivity contribution in [1.82, 2.24) is 14.7 Å². The minimum atomic E-state index is -0.813. The van der Waals surface area contributed by atoms with Crippen LogP contribution in [0.1, 0.15) is 39.8 Å². The van der Waals surface area contributed by atoms with E-state index in [0.717, 1.165) is 11.4 Å². The highest BCUT2D eigenvalue weighted by molar-refractivity contribution is 5.92. The summed E-state index contributed by atoms with van der Waals surface area (Å²) in [6.07, 6.45) is 0.547. The van der Waals surface area contributed by atoms with Gasteiger partial charge >= 0.3 is 5.97 Å². The third kappa shape index (κ3) is 4.25. The molecular formula is C21H28N4O3. The Morgan fingerprint density at radius 2 is 1.93 bits per heavy atom. The Morgan fingerprint density at radius 1 is 1.25 bits per heavy atom. The zero-order chi connectivity index (χ0) is 20.5. The van der Waals surface area contributed by atoms with Crippen molar-refractivity contribution in [1.29, 1.82) is 0 Å². The number of carbonyl (C=O) groups is 2. The van der Waals surface area contributed by atoms with E-state index < -0.39 is 11.4 Å². The van der Waals surface area contributed by atoms with Gasteiger partial charge in [-0.05, 0) is 32.0 Å². The molecule has 1 aliphatic heterocycles. The van der Waals surface area contributed by atoms with Crippen LogP contribution in [0.4, 0.5) is 5.82 Å². The summed E-state index contributed by atoms with van der Waals surface area (Å²) in [4.78, 5) is 25.9. The van der Waals surface area contributed by atoms with Gasteiger partial charge in [0.25, 0.3) is 0 Å². The first-order valence-corrected chi connectivity index (χ1v) is 9.50. The molecule has 1 amide bonds. The number of nitrogens with one attached hydrogen (secondary N) is 1. The molecule has 7 heteroatoms. The maximum Gasteiger partial charge on any atom is 0.310 e. The molecule has 1 unspecified atom stereocenters. The molecule has 1 fully saturated rings. The van der Waals surface area contributed by atoms with Gasteiger partial charge in [-0.3, -0.25) is 14.5 Å². The second-order valence-corrected chi connectivity index (χ2v) is 8.79. The third-order valence-corrected chi connectivity index (χ3v) is 5.18. The predicted octanol–water partition coefficient (Wildman–Crippen LogP) is 2.90. The molecule has 0 saturated carbocycles. The highest BCUT2D eigenvalue weighted by atomic mass is 16.4. The van der Waals surface area contributed by atoms with E-state index in [1.54, 1.807) is 11.6 Å². The number of hydrogen-bond donors (Lipinski definition) is 2. The largest absolute Gasteiger partial charge is 0.481 e. The molecule has 2 N–H and O–H groups in total. The summed E-state index contributed by atoms with van der Waals surface area (Å²) in [5, 5.41) is 17.0. The van der Waals surface area contributed by atoms with Crippen molar-refractivity contribution in [3.05, 3.63) is 42.1 Å². The lowest BCUT2D eigenvalue weighted by Crippen LogP contribution is -2.36. The number of aromatic nitrogens is 2. The zero-order valence-electron chi connectivity index (χ0n) is 16.9. The van der Waals surface area contributed by atoms with E-state index in [9.17, 15) is 14.7 Å². The number of amides is 1. The van der Waals surface area contributed by atoms with Gasteiger partial charge in [-0.15, -0.1) is 0 Å². The first-order valence-electron chi connectivity index (χ1n) is 9.50. The summed E-state index contributed by atoms with van der Waals surface area (Å²) in [7, 11) is 0. The number of anilines is 1. The normalized spacial score (nSPS) is 20.3. The van der Waals surface area contributed by atoms with Gasteiger partial charge < -0.3 is 10.4 Å². The second-order valence-electron chi connectivity index (χ2n) is 8.79. The fourth-order valence-electron chi connectivity index (χ4n) is 3.35. The fourth-order valence-corrected chi connectivity index (χ4v) is 3.35. The van der Waals surface area contributed by atoms with Crippen molar-refractivity contribution < 1.29 is 14.7 Å². The van der Waals surface area contributed by atoms with Crippen LogP contribution in [0.5, 0.6) is 0 Å². The lowest BCUT2D eigenvalue weighted by Gasteiger charge is -2.19. The number of carboxylic acids is 1. The summed E-state index contributed by atoms with van der Waals surface area (Å²) in [6.45, 7) is 9.09. The van der Waals surface area contributed by atoms with Gasteiger partial charge in [0.05, 0.1) is 23.3 Å². The predicted molar refractivity (Wildman–Crippen MR) is 108 cm³/mol. The van der Waals surface area contributed by atoms with Crippen LogP contribution in [0.15, 0.2) is 36.4 Å². The molecular weight excluding hydrogens is 356 g/mol. The number of carboxylic acid groups (broad SMARTS) is 1. The highest BCUT2D eigenvalue weighted by Crippen LogP contribution is 2.30. The molecule has 28 heavy (non-hydrogen) atoms. The SMILES string of the molecule is CC1(C(=O)O)CCN(CC(=O)Nc2cc(C(C)(C)C)nn2-c2ccccc2)C1. The van der Waals surface area contributed by atoms with Crippen LogP contribution in [0.2, 0.25) is 0 Å². The molecule has 0 bridgehead atoms. The van der Waals surface area contributed by atoms with E-state index in [2.05, 4.69) is 26.1 Å². The van der Waals surface area contributed by atoms with Crippen LogP contribution in [0.25, 0.3) is 5.69 Å². The van der Waals surface area contributed by atoms with E-state index in [1.165, 1.54) is 0 Å². The van der Waals surface area contributed by atoms with Gasteiger partial charge in [0, 0.05) is 18.0 Å². The van der Waals surface area contributed by atoms with E-state index in [4.69, 9.17) is 5.10 Å². The van der Waals surface area contributed by atoms with Crippen molar-refractivity contribution in [2.24, 2.45) is 5.41 Å². The molecule has 0 spiro atoms. The van der Waals surface area contributed by atoms with Crippen molar-refractivity contribution >= 4 is 17.7 Å². The summed E-state index contributed by atoms with van der Waals surface area (Å²) in [5.74, 6) is -0.374. The van der Waals surface area contributed by atoms with Gasteiger partial charge in [0.15, 0.2) is 0 Å². The molecule has 7 nitrogen and oxygen atoms in total. The van der Waals surface area contributed by atoms with Gasteiger partial charge in [-0.1, -0.05) is 39.0 Å². The summed E-state index contributed by atoms with van der Waals surface area (Å²) < 4.78 is 1.74. The molecule has 1 aliphatic rings. The van der Waals surface area contributed by atoms with E-state index in [0.29, 0.717) is 25.3 Å². The minimum absolute atomic E-state index is 0.155. The van der Waals surface area contributed by atoms with Crippen LogP contribution in [0.3, 0.4) is 0 Å². The van der Waals surface area contributed by atoms with Gasteiger partial charge in [-0.2, -0.15) is 5.10 Å². The first kappa shape index (κ1) is 20.1. The lowest BCUT2D eigenvalue weighted by molar-refractivity contribution is -0.147. The van der Waals surface area contributed by atoms with E-state index in [-0.39, 0.29) is 17.9 Å².